The second-order valence-corrected chi connectivity index (χ2v) is 4.45. The minimum Gasteiger partial charge on any atom is -0.508 e. The number of likely N-dealkylation sites (N-methyl/N-ethyl adjacent to an activating group) is 1. The molecule has 0 aliphatic heterocycles. The minimum atomic E-state index is -0.640. The van der Waals surface area contributed by atoms with Crippen LogP contribution in [0.2, 0.25) is 0 Å². The van der Waals surface area contributed by atoms with Crippen molar-refractivity contribution in [2.24, 2.45) is 5.73 Å². The van der Waals surface area contributed by atoms with Crippen LogP contribution >= 0.6 is 0 Å². The first-order chi connectivity index (χ1) is 7.53. The van der Waals surface area contributed by atoms with Gasteiger partial charge >= 0.3 is 0 Å². The summed E-state index contributed by atoms with van der Waals surface area (Å²) in [6.07, 6.45) is 1.52. The maximum absolute atomic E-state index is 11.9. The fourth-order valence-corrected chi connectivity index (χ4v) is 1.70. The Hall–Kier alpha value is -1.55. The van der Waals surface area contributed by atoms with Crippen LogP contribution in [0.25, 0.3) is 0 Å². The molecule has 0 bridgehead atoms. The summed E-state index contributed by atoms with van der Waals surface area (Å²) < 4.78 is 0. The second kappa shape index (κ2) is 3.79. The highest BCUT2D eigenvalue weighted by atomic mass is 16.3. The number of amides is 1. The standard InChI is InChI=1S/C12H16N2O2/c1-14(11(16)12(13)6-7-12)8-9-4-2-3-5-10(9)15/h2-5,15H,6-8,13H2,1H3. The van der Waals surface area contributed by atoms with Gasteiger partial charge in [0, 0.05) is 19.2 Å². The molecule has 86 valence electrons. The van der Waals surface area contributed by atoms with E-state index in [1.54, 1.807) is 30.1 Å². The van der Waals surface area contributed by atoms with Gasteiger partial charge in [-0.05, 0) is 18.9 Å². The monoisotopic (exact) mass is 220 g/mol. The van der Waals surface area contributed by atoms with Gasteiger partial charge < -0.3 is 15.7 Å². The number of aromatic hydroxyl groups is 1. The number of phenolic OH excluding ortho intramolecular Hbond substituents is 1. The normalized spacial score (nSPS) is 16.9. The summed E-state index contributed by atoms with van der Waals surface area (Å²) in [5, 5.41) is 9.59. The molecule has 2 rings (SSSR count). The van der Waals surface area contributed by atoms with Crippen LogP contribution in [0.15, 0.2) is 24.3 Å². The molecule has 1 aromatic carbocycles. The van der Waals surface area contributed by atoms with Crippen molar-refractivity contribution in [3.63, 3.8) is 0 Å². The molecule has 0 radical (unpaired) electrons. The van der Waals surface area contributed by atoms with E-state index >= 15 is 0 Å². The van der Waals surface area contributed by atoms with Crippen LogP contribution in [0.3, 0.4) is 0 Å². The molecule has 0 heterocycles. The third-order valence-electron chi connectivity index (χ3n) is 2.96. The zero-order valence-electron chi connectivity index (χ0n) is 9.31. The summed E-state index contributed by atoms with van der Waals surface area (Å²) in [6, 6.07) is 7.01. The Morgan fingerprint density at radius 1 is 1.50 bits per heavy atom. The third kappa shape index (κ3) is 2.02. The van der Waals surface area contributed by atoms with Gasteiger partial charge in [0.15, 0.2) is 0 Å². The lowest BCUT2D eigenvalue weighted by Gasteiger charge is -2.21. The van der Waals surface area contributed by atoms with E-state index in [0.717, 1.165) is 18.4 Å². The maximum atomic E-state index is 11.9. The summed E-state index contributed by atoms with van der Waals surface area (Å²) in [5.41, 5.74) is 5.93. The zero-order valence-corrected chi connectivity index (χ0v) is 9.31. The first kappa shape index (κ1) is 11.0. The summed E-state index contributed by atoms with van der Waals surface area (Å²) >= 11 is 0. The van der Waals surface area contributed by atoms with Crippen LogP contribution in [-0.4, -0.2) is 28.5 Å². The molecule has 4 heteroatoms. The Kier molecular flexibility index (Phi) is 2.59. The fourth-order valence-electron chi connectivity index (χ4n) is 1.70. The molecular formula is C12H16N2O2. The molecule has 0 unspecified atom stereocenters. The molecule has 1 amide bonds. The first-order valence-electron chi connectivity index (χ1n) is 5.34. The van der Waals surface area contributed by atoms with Crippen molar-refractivity contribution in [3.8, 4) is 5.75 Å². The number of carbonyl (C=O) groups is 1. The van der Waals surface area contributed by atoms with Gasteiger partial charge in [0.25, 0.3) is 0 Å². The van der Waals surface area contributed by atoms with E-state index < -0.39 is 5.54 Å². The predicted octanol–water partition coefficient (Wildman–Crippen LogP) is 0.842. The van der Waals surface area contributed by atoms with E-state index in [0.29, 0.717) is 6.54 Å². The highest BCUT2D eigenvalue weighted by Crippen LogP contribution is 2.34. The quantitative estimate of drug-likeness (QED) is 0.793. The molecule has 16 heavy (non-hydrogen) atoms. The lowest BCUT2D eigenvalue weighted by molar-refractivity contribution is -0.132. The van der Waals surface area contributed by atoms with E-state index in [-0.39, 0.29) is 11.7 Å². The lowest BCUT2D eigenvalue weighted by atomic mass is 10.1. The van der Waals surface area contributed by atoms with Gasteiger partial charge in [-0.25, -0.2) is 0 Å². The van der Waals surface area contributed by atoms with E-state index in [9.17, 15) is 9.90 Å². The average molecular weight is 220 g/mol. The highest BCUT2D eigenvalue weighted by Gasteiger charge is 2.47. The smallest absolute Gasteiger partial charge is 0.242 e. The SMILES string of the molecule is CN(Cc1ccccc1O)C(=O)C1(N)CC1. The van der Waals surface area contributed by atoms with Crippen LogP contribution in [-0.2, 0) is 11.3 Å². The second-order valence-electron chi connectivity index (χ2n) is 4.45. The van der Waals surface area contributed by atoms with Crippen molar-refractivity contribution in [1.82, 2.24) is 4.90 Å². The Balaban J connectivity index is 2.05. The summed E-state index contributed by atoms with van der Waals surface area (Å²) in [4.78, 5) is 13.4. The molecule has 1 saturated carbocycles. The number of nitrogens with two attached hydrogens (primary N) is 1. The van der Waals surface area contributed by atoms with E-state index in [1.165, 1.54) is 0 Å². The molecule has 1 aliphatic rings. The first-order valence-corrected chi connectivity index (χ1v) is 5.34. The lowest BCUT2D eigenvalue weighted by Crippen LogP contribution is -2.43. The number of nitrogens with zero attached hydrogens (tertiary/aromatic N) is 1. The molecule has 0 atom stereocenters. The highest BCUT2D eigenvalue weighted by molar-refractivity contribution is 5.88. The van der Waals surface area contributed by atoms with Crippen LogP contribution in [0.5, 0.6) is 5.75 Å². The van der Waals surface area contributed by atoms with Gasteiger partial charge in [0.1, 0.15) is 5.75 Å². The van der Waals surface area contributed by atoms with Crippen molar-refractivity contribution in [1.29, 1.82) is 0 Å². The molecule has 1 fully saturated rings. The number of para-hydroxylation sites is 1. The zero-order chi connectivity index (χ0) is 11.8. The van der Waals surface area contributed by atoms with Crippen molar-refractivity contribution in [2.75, 3.05) is 7.05 Å². The van der Waals surface area contributed by atoms with Crippen molar-refractivity contribution >= 4 is 5.91 Å². The Morgan fingerprint density at radius 2 is 2.12 bits per heavy atom. The largest absolute Gasteiger partial charge is 0.508 e. The van der Waals surface area contributed by atoms with E-state index in [1.807, 2.05) is 6.07 Å². The maximum Gasteiger partial charge on any atom is 0.242 e. The third-order valence-corrected chi connectivity index (χ3v) is 2.96. The van der Waals surface area contributed by atoms with Crippen molar-refractivity contribution in [2.45, 2.75) is 24.9 Å². The van der Waals surface area contributed by atoms with Crippen molar-refractivity contribution in [3.05, 3.63) is 29.8 Å². The number of hydrogen-bond donors (Lipinski definition) is 2. The number of carbonyl (C=O) groups excluding carboxylic acids is 1. The van der Waals surface area contributed by atoms with Crippen LogP contribution in [0.4, 0.5) is 0 Å². The minimum absolute atomic E-state index is 0.0456. The van der Waals surface area contributed by atoms with Gasteiger partial charge in [0.2, 0.25) is 5.91 Å². The van der Waals surface area contributed by atoms with Crippen molar-refractivity contribution < 1.29 is 9.90 Å². The number of hydrogen-bond acceptors (Lipinski definition) is 3. The van der Waals surface area contributed by atoms with Gasteiger partial charge in [-0.2, -0.15) is 0 Å². The average Bonchev–Trinajstić information content (AvgIpc) is 3.00. The van der Waals surface area contributed by atoms with E-state index in [2.05, 4.69) is 0 Å². The molecule has 4 nitrogen and oxygen atoms in total. The van der Waals surface area contributed by atoms with Gasteiger partial charge in [-0.3, -0.25) is 4.79 Å². The van der Waals surface area contributed by atoms with Crippen LogP contribution < -0.4 is 5.73 Å². The molecule has 0 saturated heterocycles. The predicted molar refractivity (Wildman–Crippen MR) is 60.7 cm³/mol. The molecule has 1 aliphatic carbocycles. The van der Waals surface area contributed by atoms with Crippen LogP contribution in [0, 0.1) is 0 Å². The van der Waals surface area contributed by atoms with Crippen LogP contribution in [0.1, 0.15) is 18.4 Å². The summed E-state index contributed by atoms with van der Waals surface area (Å²) in [6.45, 7) is 0.393. The number of phenols is 1. The summed E-state index contributed by atoms with van der Waals surface area (Å²) in [5.74, 6) is 0.166. The van der Waals surface area contributed by atoms with Gasteiger partial charge in [-0.15, -0.1) is 0 Å². The summed E-state index contributed by atoms with van der Waals surface area (Å²) in [7, 11) is 1.71. The number of benzene rings is 1. The number of rotatable bonds is 3. The van der Waals surface area contributed by atoms with E-state index in [4.69, 9.17) is 5.73 Å². The van der Waals surface area contributed by atoms with Gasteiger partial charge in [0.05, 0.1) is 5.54 Å². The Labute approximate surface area is 94.7 Å². The van der Waals surface area contributed by atoms with Gasteiger partial charge in [-0.1, -0.05) is 18.2 Å². The Morgan fingerprint density at radius 3 is 2.69 bits per heavy atom. The molecule has 0 spiro atoms. The Bertz CT molecular complexity index is 413. The molecule has 1 aromatic rings. The molecular weight excluding hydrogens is 204 g/mol. The molecule has 0 aromatic heterocycles. The topological polar surface area (TPSA) is 66.6 Å². The fraction of sp³-hybridized carbons (Fsp3) is 0.417. The molecule has 3 N–H and O–H groups in total.